The van der Waals surface area contributed by atoms with Crippen LogP contribution in [-0.4, -0.2) is 9.55 Å². The number of imidazole rings is 1. The summed E-state index contributed by atoms with van der Waals surface area (Å²) in [6.07, 6.45) is 11.8. The number of fused-ring (bicyclic) bond motifs is 1. The molecule has 144 valence electrons. The molecule has 0 aliphatic carbocycles. The first-order valence-corrected chi connectivity index (χ1v) is 10.8. The lowest BCUT2D eigenvalue weighted by Gasteiger charge is -2.11. The predicted octanol–water partition coefficient (Wildman–Crippen LogP) is 7.08. The van der Waals surface area contributed by atoms with Gasteiger partial charge in [-0.2, -0.15) is 0 Å². The van der Waals surface area contributed by atoms with E-state index in [0.717, 1.165) is 18.5 Å². The Labute approximate surface area is 164 Å². The largest absolute Gasteiger partial charge is 0.328 e. The first-order valence-electron chi connectivity index (χ1n) is 10.8. The molecular formula is C25H34N2. The second kappa shape index (κ2) is 10.3. The molecule has 0 atom stereocenters. The number of hydrogen-bond acceptors (Lipinski definition) is 1. The van der Waals surface area contributed by atoms with Crippen LogP contribution in [0.5, 0.6) is 0 Å². The molecule has 0 spiro atoms. The standard InChI is InChI=1S/C25H34N2/c1-3-4-5-6-7-8-9-14-19-27-24-18-13-12-17-23(24)26-25(27)20-22-16-11-10-15-21(22)2/h10-13,15-18H,3-9,14,19-20H2,1-2H3. The molecule has 2 aromatic carbocycles. The van der Waals surface area contributed by atoms with Gasteiger partial charge in [0.1, 0.15) is 5.82 Å². The molecule has 2 nitrogen and oxygen atoms in total. The Morgan fingerprint density at radius 2 is 1.44 bits per heavy atom. The highest BCUT2D eigenvalue weighted by molar-refractivity contribution is 5.76. The summed E-state index contributed by atoms with van der Waals surface area (Å²) in [5.41, 5.74) is 5.14. The average Bonchev–Trinajstić information content (AvgIpc) is 3.03. The van der Waals surface area contributed by atoms with Crippen LogP contribution in [0.25, 0.3) is 11.0 Å². The molecule has 0 bridgehead atoms. The Balaban J connectivity index is 1.64. The van der Waals surface area contributed by atoms with Crippen LogP contribution in [0.3, 0.4) is 0 Å². The monoisotopic (exact) mass is 362 g/mol. The molecule has 0 amide bonds. The zero-order valence-corrected chi connectivity index (χ0v) is 17.1. The van der Waals surface area contributed by atoms with Crippen molar-refractivity contribution in [3.63, 3.8) is 0 Å². The van der Waals surface area contributed by atoms with Crippen LogP contribution < -0.4 is 0 Å². The van der Waals surface area contributed by atoms with Gasteiger partial charge in [-0.1, -0.05) is 88.3 Å². The number of aromatic nitrogens is 2. The van der Waals surface area contributed by atoms with E-state index in [4.69, 9.17) is 4.98 Å². The van der Waals surface area contributed by atoms with Gasteiger partial charge < -0.3 is 4.57 Å². The summed E-state index contributed by atoms with van der Waals surface area (Å²) in [7, 11) is 0. The van der Waals surface area contributed by atoms with Gasteiger partial charge in [0.2, 0.25) is 0 Å². The normalized spacial score (nSPS) is 11.3. The molecule has 0 radical (unpaired) electrons. The van der Waals surface area contributed by atoms with Crippen LogP contribution in [0, 0.1) is 6.92 Å². The SMILES string of the molecule is CCCCCCCCCCn1c(Cc2ccccc2C)nc2ccccc21. The Morgan fingerprint density at radius 3 is 2.22 bits per heavy atom. The van der Waals surface area contributed by atoms with Crippen molar-refractivity contribution in [3.8, 4) is 0 Å². The van der Waals surface area contributed by atoms with E-state index in [1.807, 2.05) is 0 Å². The number of para-hydroxylation sites is 2. The molecule has 0 saturated carbocycles. The topological polar surface area (TPSA) is 17.8 Å². The first kappa shape index (κ1) is 19.7. The van der Waals surface area contributed by atoms with Gasteiger partial charge in [-0.3, -0.25) is 0 Å². The van der Waals surface area contributed by atoms with Crippen LogP contribution >= 0.6 is 0 Å². The fourth-order valence-electron chi connectivity index (χ4n) is 3.89. The van der Waals surface area contributed by atoms with E-state index in [2.05, 4.69) is 66.9 Å². The zero-order valence-electron chi connectivity index (χ0n) is 17.1. The van der Waals surface area contributed by atoms with Gasteiger partial charge in [-0.15, -0.1) is 0 Å². The quantitative estimate of drug-likeness (QED) is 0.333. The van der Waals surface area contributed by atoms with E-state index in [9.17, 15) is 0 Å². The highest BCUT2D eigenvalue weighted by atomic mass is 15.1. The van der Waals surface area contributed by atoms with E-state index in [0.29, 0.717) is 0 Å². The van der Waals surface area contributed by atoms with Crippen molar-refractivity contribution in [3.05, 3.63) is 65.5 Å². The lowest BCUT2D eigenvalue weighted by Crippen LogP contribution is -2.06. The predicted molar refractivity (Wildman–Crippen MR) is 116 cm³/mol. The summed E-state index contributed by atoms with van der Waals surface area (Å²) >= 11 is 0. The molecule has 0 aliphatic heterocycles. The minimum Gasteiger partial charge on any atom is -0.328 e. The van der Waals surface area contributed by atoms with E-state index >= 15 is 0 Å². The molecule has 0 N–H and O–H groups in total. The van der Waals surface area contributed by atoms with Crippen LogP contribution in [0.4, 0.5) is 0 Å². The van der Waals surface area contributed by atoms with Crippen molar-refractivity contribution in [1.82, 2.24) is 9.55 Å². The minimum absolute atomic E-state index is 0.915. The summed E-state index contributed by atoms with van der Waals surface area (Å²) in [6.45, 7) is 5.56. The van der Waals surface area contributed by atoms with Crippen molar-refractivity contribution in [2.45, 2.75) is 78.2 Å². The van der Waals surface area contributed by atoms with Gasteiger partial charge in [0.25, 0.3) is 0 Å². The van der Waals surface area contributed by atoms with Crippen LogP contribution in [0.15, 0.2) is 48.5 Å². The second-order valence-electron chi connectivity index (χ2n) is 7.75. The summed E-state index contributed by atoms with van der Waals surface area (Å²) in [5.74, 6) is 1.20. The summed E-state index contributed by atoms with van der Waals surface area (Å²) in [4.78, 5) is 4.96. The summed E-state index contributed by atoms with van der Waals surface area (Å²) in [5, 5.41) is 0. The molecular weight excluding hydrogens is 328 g/mol. The molecule has 3 aromatic rings. The number of benzene rings is 2. The van der Waals surface area contributed by atoms with Crippen molar-refractivity contribution in [1.29, 1.82) is 0 Å². The van der Waals surface area contributed by atoms with Gasteiger partial charge in [0.05, 0.1) is 11.0 Å². The molecule has 0 aliphatic rings. The third-order valence-electron chi connectivity index (χ3n) is 5.58. The lowest BCUT2D eigenvalue weighted by molar-refractivity contribution is 0.542. The van der Waals surface area contributed by atoms with Crippen molar-refractivity contribution in [2.24, 2.45) is 0 Å². The Kier molecular flexibility index (Phi) is 7.50. The van der Waals surface area contributed by atoms with Crippen molar-refractivity contribution < 1.29 is 0 Å². The van der Waals surface area contributed by atoms with E-state index in [1.54, 1.807) is 0 Å². The van der Waals surface area contributed by atoms with Gasteiger partial charge >= 0.3 is 0 Å². The second-order valence-corrected chi connectivity index (χ2v) is 7.75. The van der Waals surface area contributed by atoms with Crippen LogP contribution in [0.2, 0.25) is 0 Å². The smallest absolute Gasteiger partial charge is 0.114 e. The van der Waals surface area contributed by atoms with Crippen LogP contribution in [-0.2, 0) is 13.0 Å². The van der Waals surface area contributed by atoms with E-state index in [-0.39, 0.29) is 0 Å². The van der Waals surface area contributed by atoms with Gasteiger partial charge in [-0.25, -0.2) is 4.98 Å². The summed E-state index contributed by atoms with van der Waals surface area (Å²) < 4.78 is 2.46. The number of aryl methyl sites for hydroxylation is 2. The maximum atomic E-state index is 4.96. The fourth-order valence-corrected chi connectivity index (χ4v) is 3.89. The Hall–Kier alpha value is -2.09. The number of nitrogens with zero attached hydrogens (tertiary/aromatic N) is 2. The van der Waals surface area contributed by atoms with Crippen LogP contribution in [0.1, 0.15) is 75.2 Å². The highest BCUT2D eigenvalue weighted by Gasteiger charge is 2.11. The maximum Gasteiger partial charge on any atom is 0.114 e. The first-order chi connectivity index (χ1) is 13.3. The van der Waals surface area contributed by atoms with Gasteiger partial charge in [0, 0.05) is 13.0 Å². The number of rotatable bonds is 11. The average molecular weight is 363 g/mol. The minimum atomic E-state index is 0.915. The molecule has 1 heterocycles. The Bertz CT molecular complexity index is 831. The summed E-state index contributed by atoms with van der Waals surface area (Å²) in [6, 6.07) is 17.3. The maximum absolute atomic E-state index is 4.96. The third-order valence-corrected chi connectivity index (χ3v) is 5.58. The third kappa shape index (κ3) is 5.45. The molecule has 0 fully saturated rings. The number of hydrogen-bond donors (Lipinski definition) is 0. The molecule has 0 unspecified atom stereocenters. The van der Waals surface area contributed by atoms with Crippen molar-refractivity contribution >= 4 is 11.0 Å². The van der Waals surface area contributed by atoms with Crippen molar-refractivity contribution in [2.75, 3.05) is 0 Å². The molecule has 0 saturated heterocycles. The molecule has 1 aromatic heterocycles. The molecule has 3 rings (SSSR count). The lowest BCUT2D eigenvalue weighted by atomic mass is 10.1. The fraction of sp³-hybridized carbons (Fsp3) is 0.480. The van der Waals surface area contributed by atoms with E-state index in [1.165, 1.54) is 73.8 Å². The van der Waals surface area contributed by atoms with E-state index < -0.39 is 0 Å². The van der Waals surface area contributed by atoms with Gasteiger partial charge in [0.15, 0.2) is 0 Å². The molecule has 2 heteroatoms. The highest BCUT2D eigenvalue weighted by Crippen LogP contribution is 2.21. The molecule has 27 heavy (non-hydrogen) atoms. The van der Waals surface area contributed by atoms with Gasteiger partial charge in [-0.05, 0) is 36.6 Å². The number of unbranched alkanes of at least 4 members (excludes halogenated alkanes) is 7. The Morgan fingerprint density at radius 1 is 0.778 bits per heavy atom. The zero-order chi connectivity index (χ0) is 18.9.